The molecule has 0 aliphatic carbocycles. The molecule has 0 saturated heterocycles. The molecule has 45 heavy (non-hydrogen) atoms. The number of unbranched alkanes of at least 4 members (excludes halogenated alkanes) is 11. The van der Waals surface area contributed by atoms with Gasteiger partial charge in [0.15, 0.2) is 6.10 Å². The van der Waals surface area contributed by atoms with Crippen LogP contribution in [0.5, 0.6) is 0 Å². The Morgan fingerprint density at radius 3 is 1.93 bits per heavy atom. The Labute approximate surface area is 272 Å². The number of phosphoric acid groups is 1. The molecule has 260 valence electrons. The van der Waals surface area contributed by atoms with Gasteiger partial charge >= 0.3 is 19.8 Å². The highest BCUT2D eigenvalue weighted by atomic mass is 31.2. The normalized spacial score (nSPS) is 13.8. The van der Waals surface area contributed by atoms with Crippen molar-refractivity contribution >= 4 is 19.8 Å². The van der Waals surface area contributed by atoms with Crippen LogP contribution in [0.15, 0.2) is 48.6 Å². The molecule has 0 amide bonds. The van der Waals surface area contributed by atoms with E-state index in [-0.39, 0.29) is 19.4 Å². The maximum Gasteiger partial charge on any atom is 0.469 e. The van der Waals surface area contributed by atoms with Gasteiger partial charge in [-0.15, -0.1) is 0 Å². The number of allylic oxidation sites excluding steroid dienone is 7. The van der Waals surface area contributed by atoms with E-state index in [9.17, 15) is 19.3 Å². The highest BCUT2D eigenvalue weighted by Gasteiger charge is 2.23. The third-order valence-corrected chi connectivity index (χ3v) is 7.44. The van der Waals surface area contributed by atoms with Gasteiger partial charge in [-0.25, -0.2) is 4.57 Å². The van der Waals surface area contributed by atoms with E-state index >= 15 is 0 Å². The second-order valence-electron chi connectivity index (χ2n) is 11.3. The number of hydrogen-bond acceptors (Lipinski definition) is 7. The van der Waals surface area contributed by atoms with Crippen LogP contribution < -0.4 is 0 Å². The van der Waals surface area contributed by atoms with E-state index in [2.05, 4.69) is 42.7 Å². The molecule has 0 saturated carbocycles. The Hall–Kier alpha value is -2.03. The number of hydrogen-bond donors (Lipinski definition) is 3. The van der Waals surface area contributed by atoms with Gasteiger partial charge in [0.1, 0.15) is 6.61 Å². The second kappa shape index (κ2) is 30.6. The van der Waals surface area contributed by atoms with Gasteiger partial charge in [-0.3, -0.25) is 14.1 Å². The van der Waals surface area contributed by atoms with Gasteiger partial charge < -0.3 is 24.4 Å². The Morgan fingerprint density at radius 1 is 0.689 bits per heavy atom. The molecule has 0 aromatic carbocycles. The summed E-state index contributed by atoms with van der Waals surface area (Å²) in [7, 11) is -4.79. The largest absolute Gasteiger partial charge is 0.469 e. The first-order chi connectivity index (χ1) is 21.7. The topological polar surface area (TPSA) is 140 Å². The average Bonchev–Trinajstić information content (AvgIpc) is 2.99. The van der Waals surface area contributed by atoms with Crippen molar-refractivity contribution in [1.29, 1.82) is 0 Å². The SMILES string of the molecule is CCCCC/C=C\C/C=C\C/C=C\C=C\[C@@H](O)CCCC(=O)OC[C@H](COP(=O)(O)O)OC(=O)CCCCCCCCCCC. The molecule has 2 atom stereocenters. The van der Waals surface area contributed by atoms with Crippen molar-refractivity contribution in [1.82, 2.24) is 0 Å². The molecule has 0 aromatic heterocycles. The monoisotopic (exact) mass is 656 g/mol. The zero-order chi connectivity index (χ0) is 33.4. The lowest BCUT2D eigenvalue weighted by atomic mass is 10.1. The fourth-order valence-corrected chi connectivity index (χ4v) is 4.72. The summed E-state index contributed by atoms with van der Waals surface area (Å²) < 4.78 is 26.0. The first kappa shape index (κ1) is 43.0. The third kappa shape index (κ3) is 33.2. The van der Waals surface area contributed by atoms with Gasteiger partial charge in [-0.05, 0) is 44.9 Å². The highest BCUT2D eigenvalue weighted by Crippen LogP contribution is 2.35. The number of phosphoric ester groups is 1. The Kier molecular flexibility index (Phi) is 29.2. The molecule has 0 aromatic rings. The fraction of sp³-hybridized carbons (Fsp3) is 0.714. The van der Waals surface area contributed by atoms with E-state index in [0.29, 0.717) is 19.3 Å². The standard InChI is InChI=1S/C35H61O9P/c1-3-5-7-9-11-13-14-15-16-18-19-21-23-26-32(36)27-25-29-34(37)42-30-33(31-43-45(39,40)41)44-35(38)28-24-22-20-17-12-10-8-6-4-2/h11,13,15-16,19,21,23,26,32-33,36H,3-10,12,14,17-18,20,22,24-25,27-31H2,1-2H3,(H2,39,40,41)/b13-11-,16-15-,21-19-,26-23+/t32-,33-/m1/s1. The van der Waals surface area contributed by atoms with Crippen molar-refractivity contribution < 1.29 is 43.0 Å². The number of carbonyl (C=O) groups is 2. The lowest BCUT2D eigenvalue weighted by Crippen LogP contribution is -2.29. The lowest BCUT2D eigenvalue weighted by Gasteiger charge is -2.18. The molecule has 0 aliphatic heterocycles. The molecule has 0 fully saturated rings. The zero-order valence-electron chi connectivity index (χ0n) is 27.9. The van der Waals surface area contributed by atoms with Crippen LogP contribution in [0.1, 0.15) is 136 Å². The number of aliphatic hydroxyl groups excluding tert-OH is 1. The highest BCUT2D eigenvalue weighted by molar-refractivity contribution is 7.46. The van der Waals surface area contributed by atoms with Crippen molar-refractivity contribution in [3.63, 3.8) is 0 Å². The van der Waals surface area contributed by atoms with Crippen LogP contribution in [0, 0.1) is 0 Å². The van der Waals surface area contributed by atoms with E-state index in [1.807, 2.05) is 12.2 Å². The third-order valence-electron chi connectivity index (χ3n) is 6.95. The molecular formula is C35H61O9P. The van der Waals surface area contributed by atoms with Crippen LogP contribution in [0.2, 0.25) is 0 Å². The Morgan fingerprint density at radius 2 is 1.27 bits per heavy atom. The van der Waals surface area contributed by atoms with E-state index in [0.717, 1.165) is 38.5 Å². The fourth-order valence-electron chi connectivity index (χ4n) is 4.36. The summed E-state index contributed by atoms with van der Waals surface area (Å²) in [5, 5.41) is 10.1. The van der Waals surface area contributed by atoms with Gasteiger partial charge in [-0.1, -0.05) is 127 Å². The summed E-state index contributed by atoms with van der Waals surface area (Å²) in [6, 6.07) is 0. The molecule has 0 spiro atoms. The summed E-state index contributed by atoms with van der Waals surface area (Å²) in [6.45, 7) is 3.42. The summed E-state index contributed by atoms with van der Waals surface area (Å²) in [4.78, 5) is 42.5. The van der Waals surface area contributed by atoms with Crippen LogP contribution in [0.25, 0.3) is 0 Å². The van der Waals surface area contributed by atoms with Crippen molar-refractivity contribution in [2.75, 3.05) is 13.2 Å². The summed E-state index contributed by atoms with van der Waals surface area (Å²) in [6.07, 6.45) is 31.6. The molecule has 0 bridgehead atoms. The molecule has 0 unspecified atom stereocenters. The van der Waals surface area contributed by atoms with Crippen molar-refractivity contribution in [2.45, 2.75) is 148 Å². The minimum Gasteiger partial charge on any atom is -0.462 e. The van der Waals surface area contributed by atoms with Crippen LogP contribution in [-0.4, -0.2) is 52.3 Å². The molecule has 0 rings (SSSR count). The minimum absolute atomic E-state index is 0.0387. The molecule has 0 aliphatic rings. The zero-order valence-corrected chi connectivity index (χ0v) is 28.8. The lowest BCUT2D eigenvalue weighted by molar-refractivity contribution is -0.161. The summed E-state index contributed by atoms with van der Waals surface area (Å²) in [5.41, 5.74) is 0. The number of aliphatic hydroxyl groups is 1. The van der Waals surface area contributed by atoms with Gasteiger partial charge in [0, 0.05) is 12.8 Å². The molecule has 0 radical (unpaired) electrons. The van der Waals surface area contributed by atoms with E-state index < -0.39 is 38.6 Å². The van der Waals surface area contributed by atoms with Gasteiger partial charge in [0.05, 0.1) is 12.7 Å². The predicted molar refractivity (Wildman–Crippen MR) is 180 cm³/mol. The number of esters is 2. The maximum atomic E-state index is 12.3. The second-order valence-corrected chi connectivity index (χ2v) is 12.6. The Balaban J connectivity index is 4.23. The van der Waals surface area contributed by atoms with E-state index in [1.54, 1.807) is 12.2 Å². The van der Waals surface area contributed by atoms with Crippen LogP contribution in [0.4, 0.5) is 0 Å². The van der Waals surface area contributed by atoms with Gasteiger partial charge in [-0.2, -0.15) is 0 Å². The first-order valence-electron chi connectivity index (χ1n) is 17.0. The molecular weight excluding hydrogens is 595 g/mol. The molecule has 9 nitrogen and oxygen atoms in total. The quantitative estimate of drug-likeness (QED) is 0.0228. The average molecular weight is 657 g/mol. The number of rotatable bonds is 30. The smallest absolute Gasteiger partial charge is 0.462 e. The Bertz CT molecular complexity index is 892. The van der Waals surface area contributed by atoms with Gasteiger partial charge in [0.2, 0.25) is 0 Å². The molecule has 0 heterocycles. The van der Waals surface area contributed by atoms with Gasteiger partial charge in [0.25, 0.3) is 0 Å². The van der Waals surface area contributed by atoms with Crippen LogP contribution >= 0.6 is 7.82 Å². The van der Waals surface area contributed by atoms with Crippen molar-refractivity contribution in [3.8, 4) is 0 Å². The first-order valence-corrected chi connectivity index (χ1v) is 18.6. The summed E-state index contributed by atoms with van der Waals surface area (Å²) >= 11 is 0. The predicted octanol–water partition coefficient (Wildman–Crippen LogP) is 8.59. The van der Waals surface area contributed by atoms with Crippen molar-refractivity contribution in [3.05, 3.63) is 48.6 Å². The van der Waals surface area contributed by atoms with Crippen LogP contribution in [0.3, 0.4) is 0 Å². The molecule has 3 N–H and O–H groups in total. The maximum absolute atomic E-state index is 12.3. The van der Waals surface area contributed by atoms with Crippen LogP contribution in [-0.2, 0) is 28.2 Å². The molecule has 10 heteroatoms. The minimum atomic E-state index is -4.79. The number of carbonyl (C=O) groups excluding carboxylic acids is 2. The van der Waals surface area contributed by atoms with Crippen molar-refractivity contribution in [2.24, 2.45) is 0 Å². The van der Waals surface area contributed by atoms with E-state index in [4.69, 9.17) is 19.3 Å². The number of ether oxygens (including phenoxy) is 2. The summed E-state index contributed by atoms with van der Waals surface area (Å²) in [5.74, 6) is -1.09. The van der Waals surface area contributed by atoms with E-state index in [1.165, 1.54) is 51.4 Å².